The predicted molar refractivity (Wildman–Crippen MR) is 85.9 cm³/mol. The van der Waals surface area contributed by atoms with Crippen molar-refractivity contribution in [3.8, 4) is 0 Å². The van der Waals surface area contributed by atoms with Crippen molar-refractivity contribution in [2.24, 2.45) is 5.73 Å². The number of unbranched alkanes of at least 4 members (excludes halogenated alkanes) is 1. The van der Waals surface area contributed by atoms with E-state index < -0.39 is 5.54 Å². The molecule has 1 saturated carbocycles. The SMILES string of the molecule is NC(=S)CCCCN1C(=O)NC2(CCCCCCC2)C1=O. The average Bonchev–Trinajstić information content (AvgIpc) is 2.63. The molecule has 5 nitrogen and oxygen atoms in total. The minimum atomic E-state index is -0.624. The minimum Gasteiger partial charge on any atom is -0.393 e. The lowest BCUT2D eigenvalue weighted by Gasteiger charge is -2.28. The Kier molecular flexibility index (Phi) is 5.56. The van der Waals surface area contributed by atoms with E-state index in [1.54, 1.807) is 0 Å². The second-order valence-electron chi connectivity index (χ2n) is 6.16. The molecule has 1 aliphatic heterocycles. The van der Waals surface area contributed by atoms with Gasteiger partial charge in [0.15, 0.2) is 0 Å². The summed E-state index contributed by atoms with van der Waals surface area (Å²) in [4.78, 5) is 26.7. The van der Waals surface area contributed by atoms with Crippen LogP contribution in [0.3, 0.4) is 0 Å². The van der Waals surface area contributed by atoms with Crippen molar-refractivity contribution < 1.29 is 9.59 Å². The molecule has 2 aliphatic rings. The molecule has 0 aromatic heterocycles. The third-order valence-corrected chi connectivity index (χ3v) is 4.71. The van der Waals surface area contributed by atoms with Crippen LogP contribution in [0.5, 0.6) is 0 Å². The summed E-state index contributed by atoms with van der Waals surface area (Å²) in [5, 5.41) is 2.97. The molecule has 3 amide bonds. The van der Waals surface area contributed by atoms with Crippen LogP contribution in [0.1, 0.15) is 64.2 Å². The highest BCUT2D eigenvalue weighted by Crippen LogP contribution is 2.32. The maximum absolute atomic E-state index is 12.7. The molecule has 1 spiro atoms. The summed E-state index contributed by atoms with van der Waals surface area (Å²) in [6.45, 7) is 0.467. The molecule has 0 bridgehead atoms. The molecule has 1 heterocycles. The number of nitrogens with zero attached hydrogens (tertiary/aromatic N) is 1. The van der Waals surface area contributed by atoms with Crippen molar-refractivity contribution >= 4 is 29.1 Å². The fraction of sp³-hybridized carbons (Fsp3) is 0.800. The number of hydrogen-bond acceptors (Lipinski definition) is 3. The number of carbonyl (C=O) groups excluding carboxylic acids is 2. The number of thiocarbonyl (C=S) groups is 1. The zero-order chi connectivity index (χ0) is 15.3. The van der Waals surface area contributed by atoms with E-state index in [9.17, 15) is 9.59 Å². The first-order valence-corrected chi connectivity index (χ1v) is 8.38. The zero-order valence-electron chi connectivity index (χ0n) is 12.5. The van der Waals surface area contributed by atoms with Crippen molar-refractivity contribution in [2.45, 2.75) is 69.7 Å². The number of urea groups is 1. The second-order valence-corrected chi connectivity index (χ2v) is 6.68. The van der Waals surface area contributed by atoms with Gasteiger partial charge in [0.25, 0.3) is 5.91 Å². The maximum Gasteiger partial charge on any atom is 0.325 e. The van der Waals surface area contributed by atoms with Crippen LogP contribution >= 0.6 is 12.2 Å². The Balaban J connectivity index is 1.93. The molecule has 2 fully saturated rings. The van der Waals surface area contributed by atoms with E-state index in [1.807, 2.05) is 0 Å². The monoisotopic (exact) mass is 311 g/mol. The van der Waals surface area contributed by atoms with E-state index in [1.165, 1.54) is 11.3 Å². The topological polar surface area (TPSA) is 75.4 Å². The van der Waals surface area contributed by atoms with Gasteiger partial charge in [0.05, 0.1) is 4.99 Å². The van der Waals surface area contributed by atoms with E-state index >= 15 is 0 Å². The summed E-state index contributed by atoms with van der Waals surface area (Å²) in [5.41, 5.74) is 4.83. The van der Waals surface area contributed by atoms with E-state index in [0.29, 0.717) is 18.0 Å². The number of nitrogens with one attached hydrogen (secondary N) is 1. The Morgan fingerprint density at radius 3 is 2.38 bits per heavy atom. The van der Waals surface area contributed by atoms with Crippen molar-refractivity contribution in [3.05, 3.63) is 0 Å². The van der Waals surface area contributed by atoms with Crippen molar-refractivity contribution in [2.75, 3.05) is 6.54 Å². The number of nitrogens with two attached hydrogens (primary N) is 1. The first-order valence-electron chi connectivity index (χ1n) is 7.98. The number of rotatable bonds is 5. The van der Waals surface area contributed by atoms with E-state index in [2.05, 4.69) is 5.32 Å². The highest BCUT2D eigenvalue weighted by atomic mass is 32.1. The van der Waals surface area contributed by atoms with Crippen LogP contribution in [0.2, 0.25) is 0 Å². The van der Waals surface area contributed by atoms with Crippen LogP contribution in [-0.2, 0) is 4.79 Å². The summed E-state index contributed by atoms with van der Waals surface area (Å²) in [7, 11) is 0. The van der Waals surface area contributed by atoms with Gasteiger partial charge >= 0.3 is 6.03 Å². The molecule has 118 valence electrons. The highest BCUT2D eigenvalue weighted by Gasteiger charge is 2.49. The van der Waals surface area contributed by atoms with Gasteiger partial charge in [-0.15, -0.1) is 0 Å². The van der Waals surface area contributed by atoms with Gasteiger partial charge in [-0.05, 0) is 32.1 Å². The van der Waals surface area contributed by atoms with Crippen molar-refractivity contribution in [3.63, 3.8) is 0 Å². The number of carbonyl (C=O) groups is 2. The van der Waals surface area contributed by atoms with Gasteiger partial charge in [0.1, 0.15) is 5.54 Å². The van der Waals surface area contributed by atoms with Gasteiger partial charge < -0.3 is 11.1 Å². The standard InChI is InChI=1S/C15H25N3O2S/c16-12(21)8-4-7-11-18-13(19)15(17-14(18)20)9-5-2-1-3-6-10-15/h1-11H2,(H2,16,21)(H,17,20). The van der Waals surface area contributed by atoms with Gasteiger partial charge in [0.2, 0.25) is 0 Å². The Labute approximate surface area is 131 Å². The molecule has 0 radical (unpaired) electrons. The second kappa shape index (κ2) is 7.20. The third-order valence-electron chi connectivity index (χ3n) is 4.51. The Bertz CT molecular complexity index is 417. The molecule has 1 saturated heterocycles. The summed E-state index contributed by atoms with van der Waals surface area (Å²) in [5.74, 6) is -0.0234. The predicted octanol–water partition coefficient (Wildman–Crippen LogP) is 2.48. The first-order chi connectivity index (χ1) is 10.1. The van der Waals surface area contributed by atoms with Gasteiger partial charge in [-0.2, -0.15) is 0 Å². The average molecular weight is 311 g/mol. The van der Waals surface area contributed by atoms with Crippen molar-refractivity contribution in [1.29, 1.82) is 0 Å². The van der Waals surface area contributed by atoms with Gasteiger partial charge in [-0.1, -0.05) is 44.3 Å². The molecular weight excluding hydrogens is 286 g/mol. The van der Waals surface area contributed by atoms with E-state index in [0.717, 1.165) is 51.4 Å². The number of imide groups is 1. The molecule has 21 heavy (non-hydrogen) atoms. The van der Waals surface area contributed by atoms with Gasteiger partial charge in [-0.25, -0.2) is 4.79 Å². The Hall–Kier alpha value is -1.17. The number of hydrogen-bond donors (Lipinski definition) is 2. The smallest absolute Gasteiger partial charge is 0.325 e. The third kappa shape index (κ3) is 3.93. The summed E-state index contributed by atoms with van der Waals surface area (Å²) < 4.78 is 0. The molecule has 3 N–H and O–H groups in total. The van der Waals surface area contributed by atoms with Crippen LogP contribution in [0.15, 0.2) is 0 Å². The van der Waals surface area contributed by atoms with Crippen LogP contribution in [0.25, 0.3) is 0 Å². The Morgan fingerprint density at radius 1 is 1.14 bits per heavy atom. The lowest BCUT2D eigenvalue weighted by molar-refractivity contribution is -0.132. The minimum absolute atomic E-state index is 0.0234. The largest absolute Gasteiger partial charge is 0.393 e. The molecule has 2 rings (SSSR count). The Morgan fingerprint density at radius 2 is 1.76 bits per heavy atom. The lowest BCUT2D eigenvalue weighted by atomic mass is 9.84. The zero-order valence-corrected chi connectivity index (χ0v) is 13.3. The summed E-state index contributed by atoms with van der Waals surface area (Å²) in [6.07, 6.45) is 9.37. The fourth-order valence-electron chi connectivity index (χ4n) is 3.30. The molecule has 0 aromatic carbocycles. The molecule has 0 aromatic rings. The van der Waals surface area contributed by atoms with Crippen LogP contribution in [0.4, 0.5) is 4.79 Å². The molecule has 6 heteroatoms. The quantitative estimate of drug-likeness (QED) is 0.465. The van der Waals surface area contributed by atoms with Crippen LogP contribution in [0, 0.1) is 0 Å². The maximum atomic E-state index is 12.7. The van der Waals surface area contributed by atoms with E-state index in [4.69, 9.17) is 18.0 Å². The number of amides is 3. The summed E-state index contributed by atoms with van der Waals surface area (Å²) in [6, 6.07) is -0.226. The highest BCUT2D eigenvalue weighted by molar-refractivity contribution is 7.80. The molecule has 0 unspecified atom stereocenters. The molecule has 0 atom stereocenters. The van der Waals surface area contributed by atoms with Crippen LogP contribution in [-0.4, -0.2) is 33.9 Å². The van der Waals surface area contributed by atoms with E-state index in [-0.39, 0.29) is 11.9 Å². The van der Waals surface area contributed by atoms with Gasteiger partial charge in [0, 0.05) is 6.54 Å². The van der Waals surface area contributed by atoms with Crippen molar-refractivity contribution in [1.82, 2.24) is 10.2 Å². The lowest BCUT2D eigenvalue weighted by Crippen LogP contribution is -2.47. The molecular formula is C15H25N3O2S. The molecule has 1 aliphatic carbocycles. The van der Waals surface area contributed by atoms with Gasteiger partial charge in [-0.3, -0.25) is 9.69 Å². The fourth-order valence-corrected chi connectivity index (χ4v) is 3.44. The first kappa shape index (κ1) is 16.2. The normalized spacial score (nSPS) is 22.0. The summed E-state index contributed by atoms with van der Waals surface area (Å²) >= 11 is 4.83. The van der Waals surface area contributed by atoms with Crippen LogP contribution < -0.4 is 11.1 Å².